The number of hydrogen-bond acceptors (Lipinski definition) is 4. The molecule has 2 N–H and O–H groups in total. The quantitative estimate of drug-likeness (QED) is 0.756. The first-order valence-corrected chi connectivity index (χ1v) is 4.63. The molecule has 0 bridgehead atoms. The number of benzene rings is 1. The van der Waals surface area contributed by atoms with Gasteiger partial charge in [-0.05, 0) is 19.1 Å². The second-order valence-corrected chi connectivity index (χ2v) is 3.61. The van der Waals surface area contributed by atoms with Gasteiger partial charge in [-0.15, -0.1) is 0 Å². The molecule has 0 amide bonds. The van der Waals surface area contributed by atoms with Crippen LogP contribution in [0.5, 0.6) is 5.75 Å². The van der Waals surface area contributed by atoms with E-state index in [1.165, 1.54) is 19.1 Å². The van der Waals surface area contributed by atoms with Crippen molar-refractivity contribution < 1.29 is 19.8 Å². The molecule has 0 aliphatic rings. The molecule has 5 nitrogen and oxygen atoms in total. The minimum Gasteiger partial charge on any atom is -0.506 e. The molecule has 1 aromatic rings. The van der Waals surface area contributed by atoms with Gasteiger partial charge in [-0.3, -0.25) is 4.79 Å². The number of aromatic carboxylic acids is 1. The fourth-order valence-corrected chi connectivity index (χ4v) is 1.47. The number of rotatable bonds is 3. The third-order valence-electron chi connectivity index (χ3n) is 2.22. The van der Waals surface area contributed by atoms with Gasteiger partial charge in [0.1, 0.15) is 11.3 Å². The van der Waals surface area contributed by atoms with Gasteiger partial charge in [0.25, 0.3) is 0 Å². The van der Waals surface area contributed by atoms with E-state index in [0.717, 1.165) is 0 Å². The number of carboxylic acid groups (broad SMARTS) is 1. The fourth-order valence-electron chi connectivity index (χ4n) is 1.47. The number of Topliss-reactive ketones (excluding diaryl/α,β-unsaturated/α-hetero) is 1. The van der Waals surface area contributed by atoms with Crippen molar-refractivity contribution in [3.05, 3.63) is 23.3 Å². The Labute approximate surface area is 92.9 Å². The van der Waals surface area contributed by atoms with Gasteiger partial charge in [0, 0.05) is 14.1 Å². The Morgan fingerprint density at radius 2 is 1.81 bits per heavy atom. The normalized spacial score (nSPS) is 9.94. The fraction of sp³-hybridized carbons (Fsp3) is 0.273. The number of carbonyl (C=O) groups excluding carboxylic acids is 1. The van der Waals surface area contributed by atoms with Gasteiger partial charge >= 0.3 is 5.97 Å². The molecule has 1 aromatic carbocycles. The zero-order valence-electron chi connectivity index (χ0n) is 9.31. The maximum absolute atomic E-state index is 11.4. The van der Waals surface area contributed by atoms with Gasteiger partial charge < -0.3 is 15.1 Å². The molecular formula is C11H13NO4. The van der Waals surface area contributed by atoms with Crippen molar-refractivity contribution in [1.29, 1.82) is 0 Å². The van der Waals surface area contributed by atoms with Gasteiger partial charge in [-0.25, -0.2) is 4.79 Å². The van der Waals surface area contributed by atoms with E-state index < -0.39 is 11.7 Å². The SMILES string of the molecule is CC(=O)c1c(N(C)C)ccc(C(=O)O)c1O. The summed E-state index contributed by atoms with van der Waals surface area (Å²) in [5.74, 6) is -2.11. The third-order valence-corrected chi connectivity index (χ3v) is 2.22. The monoisotopic (exact) mass is 223 g/mol. The largest absolute Gasteiger partial charge is 0.506 e. The number of aromatic hydroxyl groups is 1. The van der Waals surface area contributed by atoms with Crippen LogP contribution in [0.15, 0.2) is 12.1 Å². The summed E-state index contributed by atoms with van der Waals surface area (Å²) in [6.07, 6.45) is 0. The van der Waals surface area contributed by atoms with Gasteiger partial charge in [0.05, 0.1) is 11.3 Å². The Balaban J connectivity index is 3.54. The summed E-state index contributed by atoms with van der Waals surface area (Å²) in [6, 6.07) is 2.78. The average Bonchev–Trinajstić information content (AvgIpc) is 2.15. The number of nitrogens with zero attached hydrogens (tertiary/aromatic N) is 1. The van der Waals surface area contributed by atoms with E-state index in [1.54, 1.807) is 19.0 Å². The molecule has 0 saturated carbocycles. The summed E-state index contributed by atoms with van der Waals surface area (Å²) in [5.41, 5.74) is 0.260. The number of phenols is 1. The number of hydrogen-bond donors (Lipinski definition) is 2. The van der Waals surface area contributed by atoms with Gasteiger partial charge in [0.2, 0.25) is 0 Å². The lowest BCUT2D eigenvalue weighted by Gasteiger charge is -2.17. The zero-order chi connectivity index (χ0) is 12.5. The lowest BCUT2D eigenvalue weighted by atomic mass is 10.0. The molecule has 0 atom stereocenters. The highest BCUT2D eigenvalue weighted by molar-refractivity contribution is 6.06. The number of ketones is 1. The molecule has 0 fully saturated rings. The van der Waals surface area contributed by atoms with Gasteiger partial charge in [-0.2, -0.15) is 0 Å². The van der Waals surface area contributed by atoms with Crippen LogP contribution in [-0.4, -0.2) is 36.1 Å². The molecule has 0 spiro atoms. The highest BCUT2D eigenvalue weighted by atomic mass is 16.4. The highest BCUT2D eigenvalue weighted by Gasteiger charge is 2.20. The first-order chi connectivity index (χ1) is 7.36. The topological polar surface area (TPSA) is 77.8 Å². The molecule has 16 heavy (non-hydrogen) atoms. The van der Waals surface area contributed by atoms with Crippen molar-refractivity contribution in [2.75, 3.05) is 19.0 Å². The van der Waals surface area contributed by atoms with Crippen LogP contribution >= 0.6 is 0 Å². The highest BCUT2D eigenvalue weighted by Crippen LogP contribution is 2.31. The van der Waals surface area contributed by atoms with E-state index in [9.17, 15) is 14.7 Å². The maximum Gasteiger partial charge on any atom is 0.339 e. The Hall–Kier alpha value is -2.04. The van der Waals surface area contributed by atoms with Crippen molar-refractivity contribution in [2.45, 2.75) is 6.92 Å². The third kappa shape index (κ3) is 1.98. The van der Waals surface area contributed by atoms with Gasteiger partial charge in [0.15, 0.2) is 5.78 Å². The summed E-state index contributed by atoms with van der Waals surface area (Å²) in [5, 5.41) is 18.5. The van der Waals surface area contributed by atoms with E-state index in [0.29, 0.717) is 5.69 Å². The summed E-state index contributed by atoms with van der Waals surface area (Å²) in [4.78, 5) is 23.8. The Morgan fingerprint density at radius 3 is 2.19 bits per heavy atom. The van der Waals surface area contributed by atoms with E-state index >= 15 is 0 Å². The van der Waals surface area contributed by atoms with Gasteiger partial charge in [-0.1, -0.05) is 0 Å². The molecule has 0 aliphatic heterocycles. The second-order valence-electron chi connectivity index (χ2n) is 3.61. The lowest BCUT2D eigenvalue weighted by molar-refractivity contribution is 0.0693. The van der Waals surface area contributed by atoms with Crippen molar-refractivity contribution in [3.63, 3.8) is 0 Å². The lowest BCUT2D eigenvalue weighted by Crippen LogP contribution is -2.14. The van der Waals surface area contributed by atoms with Crippen molar-refractivity contribution in [2.24, 2.45) is 0 Å². The molecule has 0 radical (unpaired) electrons. The Bertz CT molecular complexity index is 452. The smallest absolute Gasteiger partial charge is 0.339 e. The summed E-state index contributed by atoms with van der Waals surface area (Å²) >= 11 is 0. The molecule has 5 heteroatoms. The minimum atomic E-state index is -1.26. The molecular weight excluding hydrogens is 210 g/mol. The second kappa shape index (κ2) is 4.22. The molecule has 0 aromatic heterocycles. The van der Waals surface area contributed by atoms with Crippen LogP contribution in [0, 0.1) is 0 Å². The van der Waals surface area contributed by atoms with Crippen LogP contribution in [0.3, 0.4) is 0 Å². The predicted octanol–water partition coefficient (Wildman–Crippen LogP) is 1.36. The van der Waals surface area contributed by atoms with Crippen LogP contribution < -0.4 is 4.90 Å². The minimum absolute atomic E-state index is 0.0323. The van der Waals surface area contributed by atoms with Crippen LogP contribution in [-0.2, 0) is 0 Å². The van der Waals surface area contributed by atoms with E-state index in [2.05, 4.69) is 0 Å². The van der Waals surface area contributed by atoms with Crippen LogP contribution in [0.4, 0.5) is 5.69 Å². The number of anilines is 1. The van der Waals surface area contributed by atoms with Crippen molar-refractivity contribution >= 4 is 17.4 Å². The maximum atomic E-state index is 11.4. The van der Waals surface area contributed by atoms with E-state index in [4.69, 9.17) is 5.11 Å². The molecule has 1 rings (SSSR count). The average molecular weight is 223 g/mol. The first kappa shape index (κ1) is 12.0. The molecule has 0 unspecified atom stereocenters. The summed E-state index contributed by atoms with van der Waals surface area (Å²) in [6.45, 7) is 1.29. The first-order valence-electron chi connectivity index (χ1n) is 4.63. The molecule has 0 heterocycles. The number of carboxylic acids is 1. The van der Waals surface area contributed by atoms with Crippen molar-refractivity contribution in [3.8, 4) is 5.75 Å². The van der Waals surface area contributed by atoms with E-state index in [-0.39, 0.29) is 16.9 Å². The molecule has 0 saturated heterocycles. The molecule has 86 valence electrons. The van der Waals surface area contributed by atoms with Crippen LogP contribution in [0.1, 0.15) is 27.6 Å². The summed E-state index contributed by atoms with van der Waals surface area (Å²) < 4.78 is 0. The van der Waals surface area contributed by atoms with Crippen LogP contribution in [0.25, 0.3) is 0 Å². The van der Waals surface area contributed by atoms with E-state index in [1.807, 2.05) is 0 Å². The van der Waals surface area contributed by atoms with Crippen LogP contribution in [0.2, 0.25) is 0 Å². The van der Waals surface area contributed by atoms with Crippen molar-refractivity contribution in [1.82, 2.24) is 0 Å². The standard InChI is InChI=1S/C11H13NO4/c1-6(13)9-8(12(2)3)5-4-7(10(9)14)11(15)16/h4-5,14H,1-3H3,(H,15,16). The zero-order valence-corrected chi connectivity index (χ0v) is 9.31. The number of carbonyl (C=O) groups is 2. The Kier molecular flexibility index (Phi) is 3.17. The Morgan fingerprint density at radius 1 is 1.25 bits per heavy atom. The summed E-state index contributed by atoms with van der Waals surface area (Å²) in [7, 11) is 3.42. The predicted molar refractivity (Wildman–Crippen MR) is 59.4 cm³/mol. The molecule has 0 aliphatic carbocycles.